The van der Waals surface area contributed by atoms with Crippen molar-refractivity contribution >= 4 is 17.4 Å². The van der Waals surface area contributed by atoms with Gasteiger partial charge in [-0.15, -0.1) is 0 Å². The van der Waals surface area contributed by atoms with Crippen LogP contribution in [0, 0.1) is 0 Å². The van der Waals surface area contributed by atoms with Crippen molar-refractivity contribution in [2.75, 3.05) is 0 Å². The fraction of sp³-hybridized carbons (Fsp3) is 0.0833. The van der Waals surface area contributed by atoms with Gasteiger partial charge in [0.25, 0.3) is 0 Å². The van der Waals surface area contributed by atoms with E-state index in [2.05, 4.69) is 9.97 Å². The smallest absolute Gasteiger partial charge is 0.408 e. The summed E-state index contributed by atoms with van der Waals surface area (Å²) in [5.41, 5.74) is 2.33. The van der Waals surface area contributed by atoms with Crippen LogP contribution < -0.4 is 5.76 Å². The first-order chi connectivity index (χ1) is 8.69. The van der Waals surface area contributed by atoms with E-state index >= 15 is 0 Å². The standard InChI is InChI=1S/C12H9N3O3/c1-15-9-4-7(2-3-10(9)18-12(15)17)11-13-5-8(6-16)14-11/h2-6H,1H3,(H,13,14). The van der Waals surface area contributed by atoms with Gasteiger partial charge in [0.15, 0.2) is 11.9 Å². The van der Waals surface area contributed by atoms with Crippen molar-refractivity contribution in [3.8, 4) is 11.4 Å². The Morgan fingerprint density at radius 2 is 2.28 bits per heavy atom. The number of aromatic nitrogens is 3. The Kier molecular flexibility index (Phi) is 2.16. The number of H-pyrrole nitrogens is 1. The van der Waals surface area contributed by atoms with E-state index in [0.29, 0.717) is 28.9 Å². The first-order valence-corrected chi connectivity index (χ1v) is 5.29. The van der Waals surface area contributed by atoms with E-state index in [0.717, 1.165) is 5.56 Å². The van der Waals surface area contributed by atoms with E-state index in [1.165, 1.54) is 10.8 Å². The summed E-state index contributed by atoms with van der Waals surface area (Å²) >= 11 is 0. The number of hydrogen-bond donors (Lipinski definition) is 1. The maximum absolute atomic E-state index is 11.4. The Morgan fingerprint density at radius 1 is 1.44 bits per heavy atom. The van der Waals surface area contributed by atoms with Gasteiger partial charge < -0.3 is 9.40 Å². The summed E-state index contributed by atoms with van der Waals surface area (Å²) in [5.74, 6) is 0.169. The molecule has 90 valence electrons. The van der Waals surface area contributed by atoms with E-state index < -0.39 is 5.76 Å². The zero-order chi connectivity index (χ0) is 12.7. The zero-order valence-electron chi connectivity index (χ0n) is 9.51. The molecule has 0 fully saturated rings. The highest BCUT2D eigenvalue weighted by Gasteiger charge is 2.09. The molecule has 0 spiro atoms. The molecule has 1 N–H and O–H groups in total. The van der Waals surface area contributed by atoms with Crippen molar-refractivity contribution in [3.05, 3.63) is 40.6 Å². The zero-order valence-corrected chi connectivity index (χ0v) is 9.51. The Hall–Kier alpha value is -2.63. The number of carbonyl (C=O) groups is 1. The quantitative estimate of drug-likeness (QED) is 0.688. The average Bonchev–Trinajstić information content (AvgIpc) is 2.96. The molecular weight excluding hydrogens is 234 g/mol. The van der Waals surface area contributed by atoms with Crippen molar-refractivity contribution in [3.63, 3.8) is 0 Å². The second-order valence-electron chi connectivity index (χ2n) is 3.90. The topological polar surface area (TPSA) is 80.9 Å². The first kappa shape index (κ1) is 10.5. The molecule has 2 aromatic heterocycles. The summed E-state index contributed by atoms with van der Waals surface area (Å²) in [5, 5.41) is 0. The number of hydrogen-bond acceptors (Lipinski definition) is 4. The molecule has 0 saturated carbocycles. The first-order valence-electron chi connectivity index (χ1n) is 5.29. The SMILES string of the molecule is Cn1c(=O)oc2ccc(-c3nc(C=O)c[nH]3)cc21. The molecule has 0 radical (unpaired) electrons. The molecule has 0 aliphatic rings. The molecule has 1 aromatic carbocycles. The van der Waals surface area contributed by atoms with Crippen molar-refractivity contribution < 1.29 is 9.21 Å². The second kappa shape index (κ2) is 3.69. The largest absolute Gasteiger partial charge is 0.419 e. The third kappa shape index (κ3) is 1.46. The molecule has 0 aliphatic heterocycles. The minimum Gasteiger partial charge on any atom is -0.408 e. The summed E-state index contributed by atoms with van der Waals surface area (Å²) in [6.07, 6.45) is 2.20. The number of nitrogens with zero attached hydrogens (tertiary/aromatic N) is 2. The van der Waals surface area contributed by atoms with E-state index in [4.69, 9.17) is 4.42 Å². The lowest BCUT2D eigenvalue weighted by Gasteiger charge is -1.97. The van der Waals surface area contributed by atoms with Crippen LogP contribution in [0.15, 0.2) is 33.6 Å². The lowest BCUT2D eigenvalue weighted by molar-refractivity contribution is 0.111. The molecule has 3 rings (SSSR count). The molecule has 6 heteroatoms. The maximum Gasteiger partial charge on any atom is 0.419 e. The summed E-state index contributed by atoms with van der Waals surface area (Å²) in [6, 6.07) is 5.27. The van der Waals surface area contributed by atoms with Crippen LogP contribution in [-0.2, 0) is 7.05 Å². The number of fused-ring (bicyclic) bond motifs is 1. The number of nitrogens with one attached hydrogen (secondary N) is 1. The Morgan fingerprint density at radius 3 is 3.00 bits per heavy atom. The highest BCUT2D eigenvalue weighted by Crippen LogP contribution is 2.21. The van der Waals surface area contributed by atoms with E-state index in [1.807, 2.05) is 0 Å². The maximum atomic E-state index is 11.4. The number of imidazole rings is 1. The predicted octanol–water partition coefficient (Wildman–Crippen LogP) is 1.33. The van der Waals surface area contributed by atoms with E-state index in [1.54, 1.807) is 25.2 Å². The number of aryl methyl sites for hydroxylation is 1. The van der Waals surface area contributed by atoms with Gasteiger partial charge in [-0.1, -0.05) is 0 Å². The van der Waals surface area contributed by atoms with Crippen LogP contribution in [0.1, 0.15) is 10.5 Å². The van der Waals surface area contributed by atoms with Gasteiger partial charge in [0, 0.05) is 18.8 Å². The summed E-state index contributed by atoms with van der Waals surface area (Å²) < 4.78 is 6.46. The molecular formula is C12H9N3O3. The predicted molar refractivity (Wildman–Crippen MR) is 64.4 cm³/mol. The molecule has 0 amide bonds. The van der Waals surface area contributed by atoms with Crippen molar-refractivity contribution in [1.82, 2.24) is 14.5 Å². The summed E-state index contributed by atoms with van der Waals surface area (Å²) in [6.45, 7) is 0. The van der Waals surface area contributed by atoms with Crippen LogP contribution in [0.3, 0.4) is 0 Å². The number of oxazole rings is 1. The fourth-order valence-electron chi connectivity index (χ4n) is 1.82. The van der Waals surface area contributed by atoms with Gasteiger partial charge in [0.05, 0.1) is 5.52 Å². The molecule has 0 saturated heterocycles. The lowest BCUT2D eigenvalue weighted by atomic mass is 10.2. The van der Waals surface area contributed by atoms with Crippen LogP contribution in [-0.4, -0.2) is 20.8 Å². The second-order valence-corrected chi connectivity index (χ2v) is 3.90. The van der Waals surface area contributed by atoms with Gasteiger partial charge in [-0.3, -0.25) is 9.36 Å². The number of aldehydes is 1. The number of rotatable bonds is 2. The van der Waals surface area contributed by atoms with Gasteiger partial charge in [-0.25, -0.2) is 9.78 Å². The molecule has 0 unspecified atom stereocenters. The third-order valence-corrected chi connectivity index (χ3v) is 2.78. The van der Waals surface area contributed by atoms with Crippen LogP contribution in [0.5, 0.6) is 0 Å². The number of benzene rings is 1. The Balaban J connectivity index is 2.20. The van der Waals surface area contributed by atoms with Gasteiger partial charge in [-0.2, -0.15) is 0 Å². The normalized spacial score (nSPS) is 10.9. The molecule has 2 heterocycles. The molecule has 3 aromatic rings. The van der Waals surface area contributed by atoms with Crippen LogP contribution in [0.2, 0.25) is 0 Å². The van der Waals surface area contributed by atoms with Crippen LogP contribution in [0.4, 0.5) is 0 Å². The van der Waals surface area contributed by atoms with Crippen molar-refractivity contribution in [2.45, 2.75) is 0 Å². The highest BCUT2D eigenvalue weighted by atomic mass is 16.4. The van der Waals surface area contributed by atoms with Crippen LogP contribution >= 0.6 is 0 Å². The fourth-order valence-corrected chi connectivity index (χ4v) is 1.82. The number of aromatic amines is 1. The van der Waals surface area contributed by atoms with Crippen molar-refractivity contribution in [2.24, 2.45) is 7.05 Å². The molecule has 18 heavy (non-hydrogen) atoms. The van der Waals surface area contributed by atoms with Gasteiger partial charge >= 0.3 is 5.76 Å². The van der Waals surface area contributed by atoms with Gasteiger partial charge in [-0.05, 0) is 18.2 Å². The highest BCUT2D eigenvalue weighted by molar-refractivity contribution is 5.80. The molecule has 6 nitrogen and oxygen atoms in total. The average molecular weight is 243 g/mol. The number of carbonyl (C=O) groups excluding carboxylic acids is 1. The van der Waals surface area contributed by atoms with Crippen LogP contribution in [0.25, 0.3) is 22.5 Å². The van der Waals surface area contributed by atoms with Crippen molar-refractivity contribution in [1.29, 1.82) is 0 Å². The summed E-state index contributed by atoms with van der Waals surface area (Å²) in [4.78, 5) is 28.9. The van der Waals surface area contributed by atoms with Gasteiger partial charge in [0.2, 0.25) is 0 Å². The summed E-state index contributed by atoms with van der Waals surface area (Å²) in [7, 11) is 1.64. The minimum atomic E-state index is -0.407. The minimum absolute atomic E-state index is 0.339. The Labute approximate surface area is 101 Å². The molecule has 0 aliphatic carbocycles. The third-order valence-electron chi connectivity index (χ3n) is 2.78. The monoisotopic (exact) mass is 243 g/mol. The van der Waals surface area contributed by atoms with E-state index in [9.17, 15) is 9.59 Å². The molecule has 0 atom stereocenters. The lowest BCUT2D eigenvalue weighted by Crippen LogP contribution is -2.08. The Bertz CT molecular complexity index is 794. The van der Waals surface area contributed by atoms with Gasteiger partial charge in [0.1, 0.15) is 11.5 Å². The van der Waals surface area contributed by atoms with E-state index in [-0.39, 0.29) is 0 Å². The molecule has 0 bridgehead atoms.